The Balaban J connectivity index is 1.70. The van der Waals surface area contributed by atoms with Crippen molar-refractivity contribution in [3.05, 3.63) is 59.3 Å². The number of amides is 1. The number of carbonyl (C=O) groups excluding carboxylic acids is 1. The summed E-state index contributed by atoms with van der Waals surface area (Å²) in [7, 11) is 1.58. The number of alkyl carbamates (subject to hydrolysis) is 1. The summed E-state index contributed by atoms with van der Waals surface area (Å²) in [6.45, 7) is 2.57. The molecule has 1 N–H and O–H groups in total. The van der Waals surface area contributed by atoms with Crippen LogP contribution in [-0.4, -0.2) is 24.7 Å². The van der Waals surface area contributed by atoms with Crippen LogP contribution in [0, 0.1) is 18.8 Å². The molecule has 5 heteroatoms. The van der Waals surface area contributed by atoms with Crippen molar-refractivity contribution in [3.8, 4) is 17.7 Å². The fourth-order valence-corrected chi connectivity index (χ4v) is 1.94. The Morgan fingerprint density at radius 3 is 2.71 bits per heavy atom. The molecule has 0 radical (unpaired) electrons. The minimum Gasteiger partial charge on any atom is -0.481 e. The molecule has 0 atom stereocenters. The molecule has 0 saturated heterocycles. The second kappa shape index (κ2) is 9.21. The number of aromatic nitrogens is 1. The normalized spacial score (nSPS) is 9.58. The number of pyridine rings is 1. The summed E-state index contributed by atoms with van der Waals surface area (Å²) in [5.41, 5.74) is 2.62. The van der Waals surface area contributed by atoms with E-state index in [-0.39, 0.29) is 6.61 Å². The summed E-state index contributed by atoms with van der Waals surface area (Å²) in [4.78, 5) is 15.8. The maximum Gasteiger partial charge on any atom is 0.407 e. The van der Waals surface area contributed by atoms with Crippen molar-refractivity contribution in [2.75, 3.05) is 13.7 Å². The fraction of sp³-hybridized carbons (Fsp3) is 0.263. The van der Waals surface area contributed by atoms with E-state index in [1.54, 1.807) is 13.2 Å². The lowest BCUT2D eigenvalue weighted by atomic mass is 10.2. The lowest BCUT2D eigenvalue weighted by molar-refractivity contribution is 0.140. The maximum atomic E-state index is 11.6. The van der Waals surface area contributed by atoms with Gasteiger partial charge in [-0.25, -0.2) is 9.78 Å². The summed E-state index contributed by atoms with van der Waals surface area (Å²) in [5, 5.41) is 2.67. The van der Waals surface area contributed by atoms with Crippen LogP contribution in [-0.2, 0) is 11.3 Å². The van der Waals surface area contributed by atoms with Crippen LogP contribution in [0.5, 0.6) is 5.88 Å². The van der Waals surface area contributed by atoms with Crippen LogP contribution in [0.1, 0.15) is 23.2 Å². The summed E-state index contributed by atoms with van der Waals surface area (Å²) >= 11 is 0. The van der Waals surface area contributed by atoms with Gasteiger partial charge in [-0.3, -0.25) is 0 Å². The number of aryl methyl sites for hydroxylation is 1. The van der Waals surface area contributed by atoms with Gasteiger partial charge in [-0.05, 0) is 18.6 Å². The monoisotopic (exact) mass is 324 g/mol. The second-order valence-electron chi connectivity index (χ2n) is 5.03. The molecule has 0 aliphatic carbocycles. The SMILES string of the molecule is COc1ccc(C#CCCNC(=O)OCc2ccccc2)c(C)n1. The number of ether oxygens (including phenoxy) is 2. The summed E-state index contributed by atoms with van der Waals surface area (Å²) in [6.07, 6.45) is 0.0919. The average molecular weight is 324 g/mol. The molecule has 24 heavy (non-hydrogen) atoms. The number of hydrogen-bond acceptors (Lipinski definition) is 4. The molecule has 5 nitrogen and oxygen atoms in total. The van der Waals surface area contributed by atoms with Crippen molar-refractivity contribution in [1.82, 2.24) is 10.3 Å². The predicted molar refractivity (Wildman–Crippen MR) is 91.7 cm³/mol. The number of nitrogens with zero attached hydrogens (tertiary/aromatic N) is 1. The van der Waals surface area contributed by atoms with Gasteiger partial charge in [-0.1, -0.05) is 42.2 Å². The highest BCUT2D eigenvalue weighted by atomic mass is 16.5. The molecule has 0 spiro atoms. The Morgan fingerprint density at radius 2 is 2.00 bits per heavy atom. The van der Waals surface area contributed by atoms with E-state index in [9.17, 15) is 4.79 Å². The average Bonchev–Trinajstić information content (AvgIpc) is 2.61. The van der Waals surface area contributed by atoms with E-state index in [1.807, 2.05) is 43.3 Å². The van der Waals surface area contributed by atoms with Crippen LogP contribution in [0.4, 0.5) is 4.79 Å². The predicted octanol–water partition coefficient (Wildman–Crippen LogP) is 3.07. The highest BCUT2D eigenvalue weighted by Crippen LogP contribution is 2.10. The van der Waals surface area contributed by atoms with Gasteiger partial charge in [0.2, 0.25) is 5.88 Å². The number of nitrogens with one attached hydrogen (secondary N) is 1. The smallest absolute Gasteiger partial charge is 0.407 e. The molecular weight excluding hydrogens is 304 g/mol. The molecule has 1 aromatic carbocycles. The first-order valence-electron chi connectivity index (χ1n) is 7.64. The summed E-state index contributed by atoms with van der Waals surface area (Å²) in [6, 6.07) is 13.2. The van der Waals surface area contributed by atoms with Crippen molar-refractivity contribution in [3.63, 3.8) is 0 Å². The maximum absolute atomic E-state index is 11.6. The van der Waals surface area contributed by atoms with Gasteiger partial charge >= 0.3 is 6.09 Å². The number of methoxy groups -OCH3 is 1. The molecule has 0 fully saturated rings. The molecule has 0 bridgehead atoms. The van der Waals surface area contributed by atoms with Crippen LogP contribution >= 0.6 is 0 Å². The minimum atomic E-state index is -0.442. The first-order chi connectivity index (χ1) is 11.7. The van der Waals surface area contributed by atoms with Crippen molar-refractivity contribution < 1.29 is 14.3 Å². The minimum absolute atomic E-state index is 0.259. The Kier molecular flexibility index (Phi) is 6.66. The number of rotatable bonds is 5. The Bertz CT molecular complexity index is 733. The number of hydrogen-bond donors (Lipinski definition) is 1. The molecule has 0 saturated carbocycles. The van der Waals surface area contributed by atoms with Gasteiger partial charge in [0.25, 0.3) is 0 Å². The summed E-state index contributed by atoms with van der Waals surface area (Å²) < 4.78 is 10.2. The van der Waals surface area contributed by atoms with Gasteiger partial charge in [0.05, 0.1) is 12.8 Å². The van der Waals surface area contributed by atoms with E-state index in [4.69, 9.17) is 9.47 Å². The van der Waals surface area contributed by atoms with E-state index < -0.39 is 6.09 Å². The van der Waals surface area contributed by atoms with E-state index >= 15 is 0 Å². The van der Waals surface area contributed by atoms with E-state index in [0.717, 1.165) is 16.8 Å². The van der Waals surface area contributed by atoms with Gasteiger partial charge in [0.1, 0.15) is 6.61 Å². The van der Waals surface area contributed by atoms with Crippen LogP contribution in [0.25, 0.3) is 0 Å². The third-order valence-corrected chi connectivity index (χ3v) is 3.22. The van der Waals surface area contributed by atoms with Crippen LogP contribution in [0.15, 0.2) is 42.5 Å². The van der Waals surface area contributed by atoms with Gasteiger partial charge in [0.15, 0.2) is 0 Å². The molecule has 1 aromatic heterocycles. The zero-order valence-corrected chi connectivity index (χ0v) is 13.8. The van der Waals surface area contributed by atoms with Crippen LogP contribution in [0.2, 0.25) is 0 Å². The highest BCUT2D eigenvalue weighted by molar-refractivity contribution is 5.67. The zero-order chi connectivity index (χ0) is 17.2. The Hall–Kier alpha value is -3.00. The third kappa shape index (κ3) is 5.65. The van der Waals surface area contributed by atoms with Crippen LogP contribution < -0.4 is 10.1 Å². The van der Waals surface area contributed by atoms with E-state index in [2.05, 4.69) is 22.1 Å². The Labute approximate surface area is 142 Å². The molecule has 0 aliphatic rings. The van der Waals surface area contributed by atoms with E-state index in [0.29, 0.717) is 18.8 Å². The first-order valence-corrected chi connectivity index (χ1v) is 7.64. The second-order valence-corrected chi connectivity index (χ2v) is 5.03. The Morgan fingerprint density at radius 1 is 1.21 bits per heavy atom. The van der Waals surface area contributed by atoms with Crippen molar-refractivity contribution >= 4 is 6.09 Å². The molecule has 124 valence electrons. The van der Waals surface area contributed by atoms with E-state index in [1.165, 1.54) is 0 Å². The van der Waals surface area contributed by atoms with Crippen molar-refractivity contribution in [2.24, 2.45) is 0 Å². The summed E-state index contributed by atoms with van der Waals surface area (Å²) in [5.74, 6) is 6.61. The van der Waals surface area contributed by atoms with Gasteiger partial charge < -0.3 is 14.8 Å². The zero-order valence-electron chi connectivity index (χ0n) is 13.8. The van der Waals surface area contributed by atoms with Crippen molar-refractivity contribution in [1.29, 1.82) is 0 Å². The molecule has 0 aliphatic heterocycles. The first kappa shape index (κ1) is 17.4. The van der Waals surface area contributed by atoms with Gasteiger partial charge in [-0.2, -0.15) is 0 Å². The van der Waals surface area contributed by atoms with Crippen LogP contribution in [0.3, 0.4) is 0 Å². The number of benzene rings is 1. The largest absolute Gasteiger partial charge is 0.481 e. The number of carbonyl (C=O) groups is 1. The topological polar surface area (TPSA) is 60.5 Å². The van der Waals surface area contributed by atoms with Gasteiger partial charge in [0, 0.05) is 24.6 Å². The van der Waals surface area contributed by atoms with Crippen molar-refractivity contribution in [2.45, 2.75) is 20.0 Å². The molecule has 1 amide bonds. The molecule has 1 heterocycles. The lowest BCUT2D eigenvalue weighted by Crippen LogP contribution is -2.24. The molecular formula is C19H20N2O3. The standard InChI is InChI=1S/C19H20N2O3/c1-15-17(11-12-18(21-15)23-2)10-6-7-13-20-19(22)24-14-16-8-4-3-5-9-16/h3-5,8-9,11-12H,7,13-14H2,1-2H3,(H,20,22). The lowest BCUT2D eigenvalue weighted by Gasteiger charge is -2.05. The molecule has 0 unspecified atom stereocenters. The highest BCUT2D eigenvalue weighted by Gasteiger charge is 2.01. The molecule has 2 aromatic rings. The quantitative estimate of drug-likeness (QED) is 0.678. The fourth-order valence-electron chi connectivity index (χ4n) is 1.94. The molecule has 2 rings (SSSR count). The third-order valence-electron chi connectivity index (χ3n) is 3.22. The van der Waals surface area contributed by atoms with Gasteiger partial charge in [-0.15, -0.1) is 0 Å².